The Labute approximate surface area is 122 Å². The van der Waals surface area contributed by atoms with E-state index in [0.717, 1.165) is 16.2 Å². The smallest absolute Gasteiger partial charge is 0.342 e. The monoisotopic (exact) mass is 280 g/mol. The third-order valence-electron chi connectivity index (χ3n) is 3.42. The van der Waals surface area contributed by atoms with Crippen LogP contribution in [0.15, 0.2) is 48.5 Å². The van der Waals surface area contributed by atoms with Crippen LogP contribution in [0.4, 0.5) is 0 Å². The molecule has 0 bridgehead atoms. The van der Waals surface area contributed by atoms with Crippen molar-refractivity contribution in [3.8, 4) is 5.75 Å². The summed E-state index contributed by atoms with van der Waals surface area (Å²) >= 11 is 0. The number of hydrogen-bond donors (Lipinski definition) is 1. The molecule has 3 aromatic rings. The number of phenolic OH excluding ortho intramolecular Hbond substituents is 1. The van der Waals surface area contributed by atoms with Crippen LogP contribution in [0.3, 0.4) is 0 Å². The summed E-state index contributed by atoms with van der Waals surface area (Å²) in [6, 6.07) is 15.3. The first kappa shape index (κ1) is 13.4. The Bertz CT molecular complexity index is 834. The first-order valence-electron chi connectivity index (χ1n) is 6.91. The van der Waals surface area contributed by atoms with Crippen LogP contribution in [-0.4, -0.2) is 17.2 Å². The number of esters is 1. The van der Waals surface area contributed by atoms with Gasteiger partial charge in [-0.05, 0) is 48.2 Å². The van der Waals surface area contributed by atoms with Gasteiger partial charge < -0.3 is 9.84 Å². The van der Waals surface area contributed by atoms with E-state index in [1.54, 1.807) is 19.9 Å². The van der Waals surface area contributed by atoms with Crippen molar-refractivity contribution >= 4 is 27.5 Å². The molecule has 21 heavy (non-hydrogen) atoms. The zero-order valence-corrected chi connectivity index (χ0v) is 12.0. The van der Waals surface area contributed by atoms with Crippen molar-refractivity contribution in [1.29, 1.82) is 0 Å². The van der Waals surface area contributed by atoms with E-state index >= 15 is 0 Å². The number of aromatic hydroxyl groups is 1. The Balaban J connectivity index is 2.19. The van der Waals surface area contributed by atoms with E-state index in [0.29, 0.717) is 5.39 Å². The summed E-state index contributed by atoms with van der Waals surface area (Å²) in [6.45, 7) is 3.56. The predicted octanol–water partition coefficient (Wildman–Crippen LogP) is 4.26. The van der Waals surface area contributed by atoms with Gasteiger partial charge in [0.25, 0.3) is 0 Å². The topological polar surface area (TPSA) is 46.5 Å². The summed E-state index contributed by atoms with van der Waals surface area (Å²) in [4.78, 5) is 12.0. The normalized spacial score (nSPS) is 11.2. The number of rotatable bonds is 2. The molecule has 106 valence electrons. The van der Waals surface area contributed by atoms with Crippen molar-refractivity contribution in [2.45, 2.75) is 20.0 Å². The van der Waals surface area contributed by atoms with Crippen molar-refractivity contribution < 1.29 is 14.6 Å². The molecule has 0 fully saturated rings. The minimum absolute atomic E-state index is 0.0242. The van der Waals surface area contributed by atoms with Crippen LogP contribution >= 0.6 is 0 Å². The highest BCUT2D eigenvalue weighted by atomic mass is 16.5. The number of carbonyl (C=O) groups is 1. The molecule has 3 heteroatoms. The standard InChI is InChI=1S/C18H16O3/c1-11(2)21-18(20)15-8-7-14-9-12-5-3-4-6-13(12)10-16(14)17(15)19/h3-11,19H,1-2H3. The molecule has 0 aliphatic carbocycles. The molecular weight excluding hydrogens is 264 g/mol. The Kier molecular flexibility index (Phi) is 3.26. The van der Waals surface area contributed by atoms with E-state index in [1.807, 2.05) is 42.5 Å². The van der Waals surface area contributed by atoms with Gasteiger partial charge in [0.05, 0.1) is 6.10 Å². The molecule has 3 aromatic carbocycles. The SMILES string of the molecule is CC(C)OC(=O)c1ccc2cc3ccccc3cc2c1O. The van der Waals surface area contributed by atoms with Gasteiger partial charge in [-0.1, -0.05) is 30.3 Å². The van der Waals surface area contributed by atoms with Gasteiger partial charge in [-0.3, -0.25) is 0 Å². The highest BCUT2D eigenvalue weighted by Crippen LogP contribution is 2.32. The fourth-order valence-corrected chi connectivity index (χ4v) is 2.44. The molecule has 1 N–H and O–H groups in total. The van der Waals surface area contributed by atoms with Gasteiger partial charge in [0, 0.05) is 5.39 Å². The lowest BCUT2D eigenvalue weighted by Gasteiger charge is -2.11. The van der Waals surface area contributed by atoms with Gasteiger partial charge in [-0.25, -0.2) is 4.79 Å². The number of carbonyl (C=O) groups excluding carboxylic acids is 1. The molecule has 0 saturated carbocycles. The van der Waals surface area contributed by atoms with Crippen molar-refractivity contribution in [2.75, 3.05) is 0 Å². The van der Waals surface area contributed by atoms with E-state index in [4.69, 9.17) is 4.74 Å². The summed E-state index contributed by atoms with van der Waals surface area (Å²) in [7, 11) is 0. The molecule has 0 aromatic heterocycles. The summed E-state index contributed by atoms with van der Waals surface area (Å²) in [5.41, 5.74) is 0.200. The second-order valence-electron chi connectivity index (χ2n) is 5.34. The molecule has 0 saturated heterocycles. The second-order valence-corrected chi connectivity index (χ2v) is 5.34. The van der Waals surface area contributed by atoms with Crippen LogP contribution in [0, 0.1) is 0 Å². The van der Waals surface area contributed by atoms with Crippen LogP contribution in [0.2, 0.25) is 0 Å². The molecule has 0 amide bonds. The molecule has 0 spiro atoms. The van der Waals surface area contributed by atoms with E-state index in [2.05, 4.69) is 0 Å². The highest BCUT2D eigenvalue weighted by molar-refractivity contribution is 6.06. The second kappa shape index (κ2) is 5.09. The number of phenols is 1. The largest absolute Gasteiger partial charge is 0.506 e. The molecule has 0 aliphatic rings. The maximum Gasteiger partial charge on any atom is 0.342 e. The van der Waals surface area contributed by atoms with Crippen molar-refractivity contribution in [3.05, 3.63) is 54.1 Å². The van der Waals surface area contributed by atoms with Crippen LogP contribution in [-0.2, 0) is 4.74 Å². The number of hydrogen-bond acceptors (Lipinski definition) is 3. The quantitative estimate of drug-likeness (QED) is 0.563. The minimum atomic E-state index is -0.502. The van der Waals surface area contributed by atoms with E-state index in [-0.39, 0.29) is 17.4 Å². The maximum atomic E-state index is 12.0. The summed E-state index contributed by atoms with van der Waals surface area (Å²) < 4.78 is 5.15. The van der Waals surface area contributed by atoms with Crippen molar-refractivity contribution in [1.82, 2.24) is 0 Å². The van der Waals surface area contributed by atoms with Crippen LogP contribution in [0.1, 0.15) is 24.2 Å². The Hall–Kier alpha value is -2.55. The molecule has 0 heterocycles. The molecular formula is C18H16O3. The van der Waals surface area contributed by atoms with Crippen LogP contribution in [0.5, 0.6) is 5.75 Å². The van der Waals surface area contributed by atoms with Gasteiger partial charge in [-0.15, -0.1) is 0 Å². The lowest BCUT2D eigenvalue weighted by Crippen LogP contribution is -2.11. The molecule has 0 atom stereocenters. The van der Waals surface area contributed by atoms with Gasteiger partial charge >= 0.3 is 5.97 Å². The fraction of sp³-hybridized carbons (Fsp3) is 0.167. The van der Waals surface area contributed by atoms with E-state index in [1.165, 1.54) is 0 Å². The third kappa shape index (κ3) is 2.42. The highest BCUT2D eigenvalue weighted by Gasteiger charge is 2.16. The van der Waals surface area contributed by atoms with Crippen molar-refractivity contribution in [2.24, 2.45) is 0 Å². The van der Waals surface area contributed by atoms with E-state index in [9.17, 15) is 9.90 Å². The van der Waals surface area contributed by atoms with Gasteiger partial charge in [0.2, 0.25) is 0 Å². The van der Waals surface area contributed by atoms with Crippen LogP contribution < -0.4 is 0 Å². The average molecular weight is 280 g/mol. The molecule has 3 rings (SSSR count). The summed E-state index contributed by atoms with van der Waals surface area (Å²) in [5.74, 6) is -0.526. The molecule has 0 aliphatic heterocycles. The lowest BCUT2D eigenvalue weighted by atomic mass is 10.0. The van der Waals surface area contributed by atoms with Gasteiger partial charge in [-0.2, -0.15) is 0 Å². The molecule has 3 nitrogen and oxygen atoms in total. The lowest BCUT2D eigenvalue weighted by molar-refractivity contribution is 0.0375. The Morgan fingerprint density at radius 2 is 1.67 bits per heavy atom. The van der Waals surface area contributed by atoms with Crippen molar-refractivity contribution in [3.63, 3.8) is 0 Å². The van der Waals surface area contributed by atoms with E-state index < -0.39 is 5.97 Å². The van der Waals surface area contributed by atoms with Gasteiger partial charge in [0.1, 0.15) is 11.3 Å². The zero-order chi connectivity index (χ0) is 15.0. The number of ether oxygens (including phenoxy) is 1. The first-order valence-corrected chi connectivity index (χ1v) is 6.91. The maximum absolute atomic E-state index is 12.0. The number of fused-ring (bicyclic) bond motifs is 2. The minimum Gasteiger partial charge on any atom is -0.506 e. The van der Waals surface area contributed by atoms with Gasteiger partial charge in [0.15, 0.2) is 0 Å². The average Bonchev–Trinajstić information content (AvgIpc) is 2.45. The molecule has 0 radical (unpaired) electrons. The van der Waals surface area contributed by atoms with Crippen LogP contribution in [0.25, 0.3) is 21.5 Å². The number of benzene rings is 3. The summed E-state index contributed by atoms with van der Waals surface area (Å²) in [5, 5.41) is 14.1. The first-order chi connectivity index (χ1) is 10.1. The Morgan fingerprint density at radius 1 is 1.00 bits per heavy atom. The zero-order valence-electron chi connectivity index (χ0n) is 12.0. The third-order valence-corrected chi connectivity index (χ3v) is 3.42. The Morgan fingerprint density at radius 3 is 2.33 bits per heavy atom. The summed E-state index contributed by atoms with van der Waals surface area (Å²) in [6.07, 6.45) is -0.218. The predicted molar refractivity (Wildman–Crippen MR) is 83.7 cm³/mol. The molecule has 0 unspecified atom stereocenters. The fourth-order valence-electron chi connectivity index (χ4n) is 2.44.